The summed E-state index contributed by atoms with van der Waals surface area (Å²) in [5, 5.41) is 11.8. The van der Waals surface area contributed by atoms with Crippen LogP contribution < -0.4 is 10.1 Å². The molecule has 1 aromatic rings. The maximum atomic E-state index is 13.0. The van der Waals surface area contributed by atoms with Crippen molar-refractivity contribution in [2.45, 2.75) is 18.7 Å². The summed E-state index contributed by atoms with van der Waals surface area (Å²) in [5.41, 5.74) is -4.19. The van der Waals surface area contributed by atoms with Gasteiger partial charge in [0, 0.05) is 12.1 Å². The van der Waals surface area contributed by atoms with Crippen molar-refractivity contribution in [1.29, 1.82) is 0 Å². The fourth-order valence-corrected chi connectivity index (χ4v) is 1.56. The molecule has 1 amide bonds. The van der Waals surface area contributed by atoms with E-state index < -0.39 is 23.2 Å². The van der Waals surface area contributed by atoms with Gasteiger partial charge < -0.3 is 15.2 Å². The van der Waals surface area contributed by atoms with Gasteiger partial charge in [-0.05, 0) is 19.1 Å². The minimum absolute atomic E-state index is 0.0266. The van der Waals surface area contributed by atoms with Gasteiger partial charge in [0.25, 0.3) is 11.5 Å². The summed E-state index contributed by atoms with van der Waals surface area (Å²) in [4.78, 5) is 11.6. The lowest BCUT2D eigenvalue weighted by Crippen LogP contribution is -2.54. The van der Waals surface area contributed by atoms with E-state index in [-0.39, 0.29) is 12.3 Å². The molecule has 19 heavy (non-hydrogen) atoms. The number of hydrogen-bond donors (Lipinski definition) is 2. The van der Waals surface area contributed by atoms with Crippen LogP contribution in [-0.4, -0.2) is 30.8 Å². The van der Waals surface area contributed by atoms with Crippen molar-refractivity contribution < 1.29 is 27.8 Å². The van der Waals surface area contributed by atoms with Crippen molar-refractivity contribution >= 4 is 5.91 Å². The van der Waals surface area contributed by atoms with E-state index in [1.807, 2.05) is 5.32 Å². The highest BCUT2D eigenvalue weighted by atomic mass is 19.4. The van der Waals surface area contributed by atoms with Gasteiger partial charge in [0.15, 0.2) is 0 Å². The number of methoxy groups -OCH3 is 1. The predicted molar refractivity (Wildman–Crippen MR) is 61.6 cm³/mol. The Labute approximate surface area is 108 Å². The first kappa shape index (κ1) is 15.3. The van der Waals surface area contributed by atoms with E-state index in [1.165, 1.54) is 26.2 Å². The summed E-state index contributed by atoms with van der Waals surface area (Å²) in [6, 6.07) is 4.68. The first-order valence-corrected chi connectivity index (χ1v) is 5.49. The summed E-state index contributed by atoms with van der Waals surface area (Å²) in [7, 11) is 1.28. The van der Waals surface area contributed by atoms with Crippen LogP contribution in [0.15, 0.2) is 24.3 Å². The molecule has 0 heterocycles. The monoisotopic (exact) mass is 277 g/mol. The number of benzene rings is 1. The molecule has 7 heteroatoms. The number of halogens is 3. The number of aliphatic hydroxyl groups is 1. The number of carbonyl (C=O) groups is 1. The topological polar surface area (TPSA) is 58.6 Å². The highest BCUT2D eigenvalue weighted by molar-refractivity contribution is 5.87. The van der Waals surface area contributed by atoms with E-state index in [1.54, 1.807) is 0 Å². The van der Waals surface area contributed by atoms with Crippen molar-refractivity contribution in [2.75, 3.05) is 13.7 Å². The molecule has 2 N–H and O–H groups in total. The Morgan fingerprint density at radius 1 is 1.42 bits per heavy atom. The van der Waals surface area contributed by atoms with E-state index in [9.17, 15) is 23.1 Å². The lowest BCUT2D eigenvalue weighted by Gasteiger charge is -2.29. The molecule has 0 unspecified atom stereocenters. The molecule has 0 bridgehead atoms. The van der Waals surface area contributed by atoms with Crippen LogP contribution in [-0.2, 0) is 10.4 Å². The first-order valence-electron chi connectivity index (χ1n) is 5.49. The molecule has 0 aliphatic rings. The molecule has 1 aromatic carbocycles. The van der Waals surface area contributed by atoms with Crippen LogP contribution in [0.4, 0.5) is 13.2 Å². The minimum atomic E-state index is -5.14. The van der Waals surface area contributed by atoms with Crippen LogP contribution in [0.2, 0.25) is 0 Å². The summed E-state index contributed by atoms with van der Waals surface area (Å²) >= 11 is 0. The molecule has 0 aliphatic carbocycles. The maximum absolute atomic E-state index is 13.0. The zero-order chi connectivity index (χ0) is 14.7. The van der Waals surface area contributed by atoms with Gasteiger partial charge in [0.2, 0.25) is 0 Å². The second-order valence-electron chi connectivity index (χ2n) is 3.80. The number of hydrogen-bond acceptors (Lipinski definition) is 3. The summed E-state index contributed by atoms with van der Waals surface area (Å²) in [6.07, 6.45) is -5.14. The van der Waals surface area contributed by atoms with Crippen molar-refractivity contribution in [3.05, 3.63) is 29.8 Å². The van der Waals surface area contributed by atoms with Gasteiger partial charge in [-0.1, -0.05) is 12.1 Å². The average molecular weight is 277 g/mol. The molecule has 0 spiro atoms. The fraction of sp³-hybridized carbons (Fsp3) is 0.417. The molecule has 0 radical (unpaired) electrons. The Morgan fingerprint density at radius 2 is 2.05 bits per heavy atom. The molecular formula is C12H14F3NO3. The van der Waals surface area contributed by atoms with Crippen LogP contribution >= 0.6 is 0 Å². The number of carbonyl (C=O) groups excluding carboxylic acids is 1. The van der Waals surface area contributed by atoms with Gasteiger partial charge in [-0.15, -0.1) is 0 Å². The molecule has 0 saturated carbocycles. The Balaban J connectivity index is 3.35. The Bertz CT molecular complexity index is 462. The third-order valence-electron chi connectivity index (χ3n) is 2.56. The van der Waals surface area contributed by atoms with E-state index in [4.69, 9.17) is 4.74 Å². The second kappa shape index (κ2) is 5.48. The number of amides is 1. The summed E-state index contributed by atoms with van der Waals surface area (Å²) in [6.45, 7) is 1.43. The number of likely N-dealkylation sites (N-methyl/N-ethyl adjacent to an activating group) is 1. The predicted octanol–water partition coefficient (Wildman–Crippen LogP) is 1.58. The van der Waals surface area contributed by atoms with Crippen molar-refractivity contribution in [3.63, 3.8) is 0 Å². The number of rotatable bonds is 4. The maximum Gasteiger partial charge on any atom is 0.430 e. The average Bonchev–Trinajstić information content (AvgIpc) is 2.36. The molecule has 0 aromatic heterocycles. The lowest BCUT2D eigenvalue weighted by molar-refractivity contribution is -0.257. The highest BCUT2D eigenvalue weighted by Gasteiger charge is 2.60. The quantitative estimate of drug-likeness (QED) is 0.878. The Kier molecular flexibility index (Phi) is 4.41. The normalized spacial score (nSPS) is 14.6. The zero-order valence-corrected chi connectivity index (χ0v) is 10.4. The van der Waals surface area contributed by atoms with Gasteiger partial charge in [0.1, 0.15) is 5.75 Å². The van der Waals surface area contributed by atoms with Crippen molar-refractivity contribution in [2.24, 2.45) is 0 Å². The highest BCUT2D eigenvalue weighted by Crippen LogP contribution is 2.40. The van der Waals surface area contributed by atoms with Crippen LogP contribution in [0.3, 0.4) is 0 Å². The number of alkyl halides is 3. The molecule has 106 valence electrons. The van der Waals surface area contributed by atoms with E-state index >= 15 is 0 Å². The molecule has 1 rings (SSSR count). The Morgan fingerprint density at radius 3 is 2.53 bits per heavy atom. The largest absolute Gasteiger partial charge is 0.497 e. The van der Waals surface area contributed by atoms with Gasteiger partial charge in [-0.2, -0.15) is 13.2 Å². The standard InChI is InChI=1S/C12H14F3NO3/c1-3-16-10(17)11(18,12(13,14)15)8-5-4-6-9(7-8)19-2/h4-7,18H,3H2,1-2H3,(H,16,17)/t11-/m1/s1. The van der Waals surface area contributed by atoms with Gasteiger partial charge in [0.05, 0.1) is 7.11 Å². The van der Waals surface area contributed by atoms with Gasteiger partial charge >= 0.3 is 6.18 Å². The number of ether oxygens (including phenoxy) is 1. The molecule has 0 saturated heterocycles. The van der Waals surface area contributed by atoms with Crippen LogP contribution in [0, 0.1) is 0 Å². The van der Waals surface area contributed by atoms with Crippen LogP contribution in [0.25, 0.3) is 0 Å². The first-order chi connectivity index (χ1) is 8.77. The number of nitrogens with one attached hydrogen (secondary N) is 1. The van der Waals surface area contributed by atoms with Crippen LogP contribution in [0.5, 0.6) is 5.75 Å². The van der Waals surface area contributed by atoms with E-state index in [2.05, 4.69) is 0 Å². The Hall–Kier alpha value is -1.76. The fourth-order valence-electron chi connectivity index (χ4n) is 1.56. The van der Waals surface area contributed by atoms with Crippen LogP contribution in [0.1, 0.15) is 12.5 Å². The van der Waals surface area contributed by atoms with E-state index in [0.717, 1.165) is 12.1 Å². The molecule has 0 aliphatic heterocycles. The second-order valence-corrected chi connectivity index (χ2v) is 3.80. The third kappa shape index (κ3) is 2.81. The minimum Gasteiger partial charge on any atom is -0.497 e. The van der Waals surface area contributed by atoms with Gasteiger partial charge in [-0.3, -0.25) is 4.79 Å². The summed E-state index contributed by atoms with van der Waals surface area (Å²) < 4.78 is 43.9. The van der Waals surface area contributed by atoms with Crippen molar-refractivity contribution in [1.82, 2.24) is 5.32 Å². The molecule has 1 atom stereocenters. The SMILES string of the molecule is CCNC(=O)[C@](O)(c1cccc(OC)c1)C(F)(F)F. The zero-order valence-electron chi connectivity index (χ0n) is 10.4. The molecule has 0 fully saturated rings. The summed E-state index contributed by atoms with van der Waals surface area (Å²) in [5.74, 6) is -1.40. The lowest BCUT2D eigenvalue weighted by atomic mass is 9.92. The van der Waals surface area contributed by atoms with Gasteiger partial charge in [-0.25, -0.2) is 0 Å². The smallest absolute Gasteiger partial charge is 0.430 e. The molecular weight excluding hydrogens is 263 g/mol. The van der Waals surface area contributed by atoms with Crippen molar-refractivity contribution in [3.8, 4) is 5.75 Å². The van der Waals surface area contributed by atoms with E-state index in [0.29, 0.717) is 0 Å². The third-order valence-corrected chi connectivity index (χ3v) is 2.56. The molecule has 4 nitrogen and oxygen atoms in total.